The number of fused-ring (bicyclic) bond motifs is 1. The summed E-state index contributed by atoms with van der Waals surface area (Å²) in [6, 6.07) is 11.3. The van der Waals surface area contributed by atoms with Gasteiger partial charge >= 0.3 is 0 Å². The lowest BCUT2D eigenvalue weighted by Gasteiger charge is -2.15. The number of carbonyl (C=O) groups excluding carboxylic acids is 2. The van der Waals surface area contributed by atoms with E-state index in [1.54, 1.807) is 43.0 Å². The highest BCUT2D eigenvalue weighted by Crippen LogP contribution is 2.25. The number of aromatic nitrogens is 2. The van der Waals surface area contributed by atoms with Gasteiger partial charge in [-0.15, -0.1) is 0 Å². The third-order valence-electron chi connectivity index (χ3n) is 4.93. The topological polar surface area (TPSA) is 75.2 Å². The molecule has 0 saturated carbocycles. The Kier molecular flexibility index (Phi) is 4.85. The summed E-state index contributed by atoms with van der Waals surface area (Å²) in [6.45, 7) is 3.47. The number of nitrogens with one attached hydrogen (secondary N) is 1. The fourth-order valence-electron chi connectivity index (χ4n) is 3.38. The van der Waals surface area contributed by atoms with Crippen LogP contribution < -0.4 is 5.32 Å². The Bertz CT molecular complexity index is 1030. The Balaban J connectivity index is 1.42. The maximum atomic E-state index is 12.6. The summed E-state index contributed by atoms with van der Waals surface area (Å²) in [4.78, 5) is 34.8. The first kappa shape index (κ1) is 17.9. The number of benzene rings is 1. The lowest BCUT2D eigenvalue weighted by Crippen LogP contribution is -2.25. The summed E-state index contributed by atoms with van der Waals surface area (Å²) in [5.74, 6) is -0.114. The fraction of sp³-hybridized carbons (Fsp3) is 0.182. The van der Waals surface area contributed by atoms with Crippen LogP contribution in [-0.2, 0) is 19.6 Å². The average Bonchev–Trinajstić information content (AvgIpc) is 3.16. The molecule has 4 rings (SSSR count). The number of carbonyl (C=O) groups is 2. The Labute approximate surface area is 163 Å². The van der Waals surface area contributed by atoms with Gasteiger partial charge < -0.3 is 10.2 Å². The largest absolute Gasteiger partial charge is 0.348 e. The van der Waals surface area contributed by atoms with Gasteiger partial charge in [0.25, 0.3) is 11.8 Å². The minimum absolute atomic E-state index is 0.00150. The van der Waals surface area contributed by atoms with Crippen LogP contribution in [0.15, 0.2) is 61.2 Å². The third-order valence-corrected chi connectivity index (χ3v) is 4.93. The summed E-state index contributed by atoms with van der Waals surface area (Å²) in [7, 11) is 0. The van der Waals surface area contributed by atoms with Crippen molar-refractivity contribution in [2.24, 2.45) is 0 Å². The normalized spacial score (nSPS) is 12.5. The quantitative estimate of drug-likeness (QED) is 0.764. The Morgan fingerprint density at radius 3 is 2.54 bits per heavy atom. The number of aryl methyl sites for hydroxylation is 1. The van der Waals surface area contributed by atoms with E-state index in [4.69, 9.17) is 0 Å². The van der Waals surface area contributed by atoms with Gasteiger partial charge in [0.15, 0.2) is 0 Å². The molecule has 0 bridgehead atoms. The predicted molar refractivity (Wildman–Crippen MR) is 104 cm³/mol. The minimum Gasteiger partial charge on any atom is -0.348 e. The van der Waals surface area contributed by atoms with Crippen LogP contribution in [0.5, 0.6) is 0 Å². The maximum absolute atomic E-state index is 12.6. The van der Waals surface area contributed by atoms with E-state index in [0.29, 0.717) is 30.8 Å². The molecule has 2 aromatic heterocycles. The first-order valence-corrected chi connectivity index (χ1v) is 9.10. The zero-order chi connectivity index (χ0) is 19.5. The zero-order valence-electron chi connectivity index (χ0n) is 15.6. The van der Waals surface area contributed by atoms with Crippen LogP contribution in [0.1, 0.15) is 43.0 Å². The van der Waals surface area contributed by atoms with E-state index in [2.05, 4.69) is 21.4 Å². The number of hydrogen-bond acceptors (Lipinski definition) is 4. The predicted octanol–water partition coefficient (Wildman–Crippen LogP) is 2.87. The second kappa shape index (κ2) is 7.60. The molecule has 6 heteroatoms. The van der Waals surface area contributed by atoms with Gasteiger partial charge in [-0.2, -0.15) is 0 Å². The van der Waals surface area contributed by atoms with Gasteiger partial charge in [-0.3, -0.25) is 19.6 Å². The number of amides is 2. The average molecular weight is 372 g/mol. The molecular formula is C22H20N4O2. The summed E-state index contributed by atoms with van der Waals surface area (Å²) >= 11 is 0. The molecule has 0 spiro atoms. The van der Waals surface area contributed by atoms with Crippen molar-refractivity contribution in [3.63, 3.8) is 0 Å². The molecule has 0 radical (unpaired) electrons. The molecular weight excluding hydrogens is 352 g/mol. The minimum atomic E-state index is -0.116. The van der Waals surface area contributed by atoms with Crippen molar-refractivity contribution in [2.45, 2.75) is 26.6 Å². The van der Waals surface area contributed by atoms with Crippen LogP contribution in [-0.4, -0.2) is 26.7 Å². The monoisotopic (exact) mass is 372 g/mol. The van der Waals surface area contributed by atoms with E-state index in [1.807, 2.05) is 24.0 Å². The first-order valence-electron chi connectivity index (χ1n) is 9.10. The van der Waals surface area contributed by atoms with Gasteiger partial charge in [-0.05, 0) is 47.4 Å². The number of nitrogens with zero attached hydrogens (tertiary/aromatic N) is 3. The van der Waals surface area contributed by atoms with Crippen LogP contribution in [0.3, 0.4) is 0 Å². The Morgan fingerprint density at radius 1 is 1.00 bits per heavy atom. The van der Waals surface area contributed by atoms with E-state index < -0.39 is 0 Å². The fourth-order valence-corrected chi connectivity index (χ4v) is 3.38. The molecule has 1 aliphatic rings. The standard InChI is InChI=1S/C22H20N4O2/c1-15-11-24-9-6-20(15)21(27)25-12-16-2-3-18-13-26(14-19(18)10-16)22(28)17-4-7-23-8-5-17/h2-11H,12-14H2,1H3,(H,25,27). The van der Waals surface area contributed by atoms with E-state index >= 15 is 0 Å². The molecule has 0 fully saturated rings. The highest BCUT2D eigenvalue weighted by Gasteiger charge is 2.24. The van der Waals surface area contributed by atoms with Crippen molar-refractivity contribution < 1.29 is 9.59 Å². The van der Waals surface area contributed by atoms with Crippen molar-refractivity contribution in [2.75, 3.05) is 0 Å². The van der Waals surface area contributed by atoms with Gasteiger partial charge in [-0.25, -0.2) is 0 Å². The van der Waals surface area contributed by atoms with Gasteiger partial charge in [0.05, 0.1) is 0 Å². The Hall–Kier alpha value is -3.54. The van der Waals surface area contributed by atoms with E-state index in [1.165, 1.54) is 0 Å². The van der Waals surface area contributed by atoms with Crippen molar-refractivity contribution in [1.82, 2.24) is 20.2 Å². The first-order chi connectivity index (χ1) is 13.6. The smallest absolute Gasteiger partial charge is 0.254 e. The number of pyridine rings is 2. The molecule has 3 aromatic rings. The molecule has 1 aliphatic heterocycles. The zero-order valence-corrected chi connectivity index (χ0v) is 15.6. The molecule has 140 valence electrons. The second-order valence-corrected chi connectivity index (χ2v) is 6.87. The highest BCUT2D eigenvalue weighted by molar-refractivity contribution is 5.95. The molecule has 0 unspecified atom stereocenters. The molecule has 0 saturated heterocycles. The molecule has 1 N–H and O–H groups in total. The number of rotatable bonds is 4. The summed E-state index contributed by atoms with van der Waals surface area (Å²) < 4.78 is 0. The molecule has 2 amide bonds. The van der Waals surface area contributed by atoms with Gasteiger partial charge in [0.2, 0.25) is 0 Å². The van der Waals surface area contributed by atoms with Crippen LogP contribution >= 0.6 is 0 Å². The molecule has 0 atom stereocenters. The van der Waals surface area contributed by atoms with Crippen LogP contribution in [0.4, 0.5) is 0 Å². The van der Waals surface area contributed by atoms with Gasteiger partial charge in [0, 0.05) is 55.5 Å². The van der Waals surface area contributed by atoms with Crippen LogP contribution in [0.2, 0.25) is 0 Å². The summed E-state index contributed by atoms with van der Waals surface area (Å²) in [6.07, 6.45) is 6.55. The highest BCUT2D eigenvalue weighted by atomic mass is 16.2. The van der Waals surface area contributed by atoms with E-state index in [-0.39, 0.29) is 11.8 Å². The molecule has 3 heterocycles. The van der Waals surface area contributed by atoms with Crippen molar-refractivity contribution in [3.8, 4) is 0 Å². The lowest BCUT2D eigenvalue weighted by molar-refractivity contribution is 0.0751. The van der Waals surface area contributed by atoms with Gasteiger partial charge in [-0.1, -0.05) is 18.2 Å². The molecule has 0 aliphatic carbocycles. The summed E-state index contributed by atoms with van der Waals surface area (Å²) in [5, 5.41) is 2.95. The summed E-state index contributed by atoms with van der Waals surface area (Å²) in [5.41, 5.74) is 5.39. The maximum Gasteiger partial charge on any atom is 0.254 e. The van der Waals surface area contributed by atoms with E-state index in [9.17, 15) is 9.59 Å². The molecule has 6 nitrogen and oxygen atoms in total. The second-order valence-electron chi connectivity index (χ2n) is 6.87. The van der Waals surface area contributed by atoms with Gasteiger partial charge in [0.1, 0.15) is 0 Å². The Morgan fingerprint density at radius 2 is 1.75 bits per heavy atom. The van der Waals surface area contributed by atoms with E-state index in [0.717, 1.165) is 22.3 Å². The van der Waals surface area contributed by atoms with Crippen molar-refractivity contribution in [3.05, 3.63) is 94.6 Å². The molecule has 1 aromatic carbocycles. The lowest BCUT2D eigenvalue weighted by atomic mass is 10.1. The van der Waals surface area contributed by atoms with Crippen LogP contribution in [0, 0.1) is 6.92 Å². The number of hydrogen-bond donors (Lipinski definition) is 1. The van der Waals surface area contributed by atoms with Crippen molar-refractivity contribution >= 4 is 11.8 Å². The van der Waals surface area contributed by atoms with Crippen molar-refractivity contribution in [1.29, 1.82) is 0 Å². The third kappa shape index (κ3) is 3.62. The SMILES string of the molecule is Cc1cnccc1C(=O)NCc1ccc2c(c1)CN(C(=O)c1ccncc1)C2. The molecule has 28 heavy (non-hydrogen) atoms. The van der Waals surface area contributed by atoms with Crippen LogP contribution in [0.25, 0.3) is 0 Å².